The highest BCUT2D eigenvalue weighted by Gasteiger charge is 2.30. The van der Waals surface area contributed by atoms with Crippen molar-refractivity contribution < 1.29 is 21.8 Å². The van der Waals surface area contributed by atoms with E-state index in [-0.39, 0.29) is 11.1 Å². The predicted molar refractivity (Wildman–Crippen MR) is 94.7 cm³/mol. The minimum absolute atomic E-state index is 0.109. The third-order valence-electron chi connectivity index (χ3n) is 4.67. The molecule has 26 heavy (non-hydrogen) atoms. The lowest BCUT2D eigenvalue weighted by Crippen LogP contribution is -2.08. The summed E-state index contributed by atoms with van der Waals surface area (Å²) < 4.78 is 60.9. The average molecular weight is 372 g/mol. The number of fused-ring (bicyclic) bond motifs is 3. The van der Waals surface area contributed by atoms with Gasteiger partial charge in [-0.15, -0.1) is 0 Å². The van der Waals surface area contributed by atoms with Gasteiger partial charge in [0.05, 0.1) is 0 Å². The number of hydrogen-bond donors (Lipinski definition) is 1. The van der Waals surface area contributed by atoms with Crippen LogP contribution < -0.4 is 0 Å². The second-order valence-electron chi connectivity index (χ2n) is 6.22. The van der Waals surface area contributed by atoms with Gasteiger partial charge in [0.15, 0.2) is 0 Å². The first-order valence-corrected chi connectivity index (χ1v) is 9.40. The molecular formula is C20H14F2O3S. The Kier molecular flexibility index (Phi) is 3.89. The topological polar surface area (TPSA) is 54.4 Å². The van der Waals surface area contributed by atoms with Crippen LogP contribution in [0.1, 0.15) is 16.7 Å². The maximum Gasteiger partial charge on any atom is 0.295 e. The Bertz CT molecular complexity index is 1120. The highest BCUT2D eigenvalue weighted by Crippen LogP contribution is 2.46. The fourth-order valence-corrected chi connectivity index (χ4v) is 4.57. The van der Waals surface area contributed by atoms with Crippen molar-refractivity contribution in [3.05, 3.63) is 77.1 Å². The molecule has 0 aromatic heterocycles. The molecule has 0 radical (unpaired) electrons. The Labute approximate surface area is 149 Å². The van der Waals surface area contributed by atoms with Gasteiger partial charge in [0.25, 0.3) is 10.1 Å². The van der Waals surface area contributed by atoms with Crippen LogP contribution in [-0.2, 0) is 23.2 Å². The van der Waals surface area contributed by atoms with E-state index in [2.05, 4.69) is 0 Å². The fourth-order valence-electron chi connectivity index (χ4n) is 3.63. The Morgan fingerprint density at radius 3 is 2.35 bits per heavy atom. The highest BCUT2D eigenvalue weighted by atomic mass is 32.2. The van der Waals surface area contributed by atoms with Crippen LogP contribution in [0, 0.1) is 5.82 Å². The normalized spacial score (nSPS) is 12.7. The quantitative estimate of drug-likeness (QED) is 0.527. The monoisotopic (exact) mass is 372 g/mol. The molecule has 132 valence electrons. The number of hydrogen-bond acceptors (Lipinski definition) is 2. The molecule has 0 unspecified atom stereocenters. The van der Waals surface area contributed by atoms with Crippen LogP contribution in [0.4, 0.5) is 8.78 Å². The molecule has 0 amide bonds. The smallest absolute Gasteiger partial charge is 0.282 e. The Morgan fingerprint density at radius 2 is 1.69 bits per heavy atom. The lowest BCUT2D eigenvalue weighted by Gasteiger charge is -2.17. The summed E-state index contributed by atoms with van der Waals surface area (Å²) in [5.74, 6) is -0.469. The molecule has 0 spiro atoms. The second kappa shape index (κ2) is 6.00. The van der Waals surface area contributed by atoms with E-state index in [0.717, 1.165) is 16.7 Å². The maximum atomic E-state index is 13.7. The molecule has 3 aromatic rings. The maximum absolute atomic E-state index is 13.7. The third-order valence-corrected chi connectivity index (χ3v) is 5.66. The van der Waals surface area contributed by atoms with E-state index in [1.165, 1.54) is 30.3 Å². The number of rotatable bonds is 3. The zero-order valence-electron chi connectivity index (χ0n) is 13.5. The van der Waals surface area contributed by atoms with Crippen LogP contribution >= 0.6 is 0 Å². The minimum Gasteiger partial charge on any atom is -0.282 e. The van der Waals surface area contributed by atoms with Crippen molar-refractivity contribution in [2.75, 3.05) is 0 Å². The summed E-state index contributed by atoms with van der Waals surface area (Å²) in [7, 11) is -4.68. The molecule has 3 aromatic carbocycles. The van der Waals surface area contributed by atoms with Crippen LogP contribution in [0.25, 0.3) is 22.3 Å². The van der Waals surface area contributed by atoms with Gasteiger partial charge in [0.2, 0.25) is 0 Å². The van der Waals surface area contributed by atoms with Gasteiger partial charge in [-0.25, -0.2) is 8.78 Å². The van der Waals surface area contributed by atoms with Crippen LogP contribution in [0.5, 0.6) is 0 Å². The van der Waals surface area contributed by atoms with E-state index < -0.39 is 27.5 Å². The first kappa shape index (κ1) is 16.9. The number of alkyl halides is 1. The van der Waals surface area contributed by atoms with Crippen molar-refractivity contribution in [1.29, 1.82) is 0 Å². The lowest BCUT2D eigenvalue weighted by molar-refractivity contribution is 0.462. The van der Waals surface area contributed by atoms with Gasteiger partial charge in [0.1, 0.15) is 17.4 Å². The second-order valence-corrected chi connectivity index (χ2v) is 7.57. The van der Waals surface area contributed by atoms with E-state index >= 15 is 0 Å². The van der Waals surface area contributed by atoms with E-state index in [4.69, 9.17) is 0 Å². The summed E-state index contributed by atoms with van der Waals surface area (Å²) >= 11 is 0. The van der Waals surface area contributed by atoms with Gasteiger partial charge in [0, 0.05) is 11.1 Å². The standard InChI is InChI=1S/C20H14F2O3S/c21-11-14-10-17-16-4-2-1-3-13(16)9-18(17)19(20(14)26(23,24)25)12-5-7-15(22)8-6-12/h1-8,10H,9,11H2,(H,23,24,25). The summed E-state index contributed by atoms with van der Waals surface area (Å²) in [6.07, 6.45) is 0.452. The Morgan fingerprint density at radius 1 is 1.00 bits per heavy atom. The van der Waals surface area contributed by atoms with Gasteiger partial charge in [-0.2, -0.15) is 8.42 Å². The van der Waals surface area contributed by atoms with Gasteiger partial charge in [-0.05, 0) is 52.4 Å². The Hall–Kier alpha value is -2.57. The van der Waals surface area contributed by atoms with Crippen molar-refractivity contribution in [2.24, 2.45) is 0 Å². The summed E-state index contributed by atoms with van der Waals surface area (Å²) in [5.41, 5.74) is 3.85. The van der Waals surface area contributed by atoms with Gasteiger partial charge in [-0.1, -0.05) is 36.4 Å². The molecule has 0 aliphatic heterocycles. The molecule has 1 aliphatic rings. The van der Waals surface area contributed by atoms with Crippen molar-refractivity contribution in [2.45, 2.75) is 18.0 Å². The summed E-state index contributed by atoms with van der Waals surface area (Å²) in [6.45, 7) is -1.04. The molecule has 0 atom stereocenters. The molecule has 1 aliphatic carbocycles. The largest absolute Gasteiger partial charge is 0.295 e. The van der Waals surface area contributed by atoms with Crippen LogP contribution in [0.15, 0.2) is 59.5 Å². The van der Waals surface area contributed by atoms with E-state index in [0.29, 0.717) is 17.5 Å². The molecular weight excluding hydrogens is 358 g/mol. The molecule has 0 saturated heterocycles. The SMILES string of the molecule is O=S(=O)(O)c1c(CF)cc2c(c1-c1ccc(F)cc1)Cc1ccccc1-2. The van der Waals surface area contributed by atoms with Crippen molar-refractivity contribution in [3.63, 3.8) is 0 Å². The first-order chi connectivity index (χ1) is 12.4. The minimum atomic E-state index is -4.68. The van der Waals surface area contributed by atoms with Gasteiger partial charge >= 0.3 is 0 Å². The third kappa shape index (κ3) is 2.62. The summed E-state index contributed by atoms with van der Waals surface area (Å²) in [5, 5.41) is 0. The number of benzene rings is 3. The van der Waals surface area contributed by atoms with Crippen molar-refractivity contribution in [1.82, 2.24) is 0 Å². The number of halogens is 2. The van der Waals surface area contributed by atoms with Crippen LogP contribution in [0.3, 0.4) is 0 Å². The molecule has 0 fully saturated rings. The van der Waals surface area contributed by atoms with Crippen molar-refractivity contribution >= 4 is 10.1 Å². The van der Waals surface area contributed by atoms with E-state index in [9.17, 15) is 21.8 Å². The zero-order chi connectivity index (χ0) is 18.5. The Balaban J connectivity index is 2.12. The molecule has 0 bridgehead atoms. The molecule has 4 rings (SSSR count). The summed E-state index contributed by atoms with van der Waals surface area (Å²) in [6, 6.07) is 14.3. The fraction of sp³-hybridized carbons (Fsp3) is 0.100. The first-order valence-electron chi connectivity index (χ1n) is 7.96. The molecule has 6 heteroatoms. The van der Waals surface area contributed by atoms with E-state index in [1.54, 1.807) is 0 Å². The zero-order valence-corrected chi connectivity index (χ0v) is 14.4. The summed E-state index contributed by atoms with van der Waals surface area (Å²) in [4.78, 5) is -0.446. The molecule has 1 N–H and O–H groups in total. The van der Waals surface area contributed by atoms with Crippen molar-refractivity contribution in [3.8, 4) is 22.3 Å². The average Bonchev–Trinajstić information content (AvgIpc) is 2.98. The predicted octanol–water partition coefficient (Wildman–Crippen LogP) is 4.78. The van der Waals surface area contributed by atoms with Gasteiger partial charge < -0.3 is 0 Å². The van der Waals surface area contributed by atoms with E-state index in [1.807, 2.05) is 24.3 Å². The lowest BCUT2D eigenvalue weighted by atomic mass is 9.93. The van der Waals surface area contributed by atoms with Crippen LogP contribution in [-0.4, -0.2) is 13.0 Å². The van der Waals surface area contributed by atoms with Gasteiger partial charge in [-0.3, -0.25) is 4.55 Å². The van der Waals surface area contributed by atoms with Crippen LogP contribution in [0.2, 0.25) is 0 Å². The molecule has 0 heterocycles. The molecule has 0 saturated carbocycles. The highest BCUT2D eigenvalue weighted by molar-refractivity contribution is 7.86. The molecule has 3 nitrogen and oxygen atoms in total.